The number of rotatable bonds is 2. The molecule has 0 amide bonds. The minimum Gasteiger partial charge on any atom is -0.0877 e. The Balaban J connectivity index is 2.34. The van der Waals surface area contributed by atoms with Gasteiger partial charge in [0, 0.05) is 0 Å². The molecule has 0 unspecified atom stereocenters. The molecule has 1 aliphatic rings. The van der Waals surface area contributed by atoms with Crippen molar-refractivity contribution in [3.8, 4) is 0 Å². The third-order valence-electron chi connectivity index (χ3n) is 1.48. The van der Waals surface area contributed by atoms with E-state index in [-0.39, 0.29) is 0 Å². The first kappa shape index (κ1) is 6.34. The molecule has 0 spiro atoms. The molecule has 1 rings (SSSR count). The van der Waals surface area contributed by atoms with Crippen molar-refractivity contribution in [1.29, 1.82) is 0 Å². The van der Waals surface area contributed by atoms with Crippen LogP contribution in [0.4, 0.5) is 0 Å². The predicted octanol–water partition coefficient (Wildman–Crippen LogP) is 2.84. The highest BCUT2D eigenvalue weighted by Gasteiger charge is 2.11. The highest BCUT2D eigenvalue weighted by molar-refractivity contribution is 5.42. The van der Waals surface area contributed by atoms with Gasteiger partial charge >= 0.3 is 0 Å². The second-order valence-corrected chi connectivity index (χ2v) is 2.37. The fourth-order valence-corrected chi connectivity index (χ4v) is 0.725. The van der Waals surface area contributed by atoms with E-state index in [2.05, 4.69) is 25.2 Å². The second kappa shape index (κ2) is 2.67. The summed E-state index contributed by atoms with van der Waals surface area (Å²) in [7, 11) is 0. The average Bonchev–Trinajstić information content (AvgIpc) is 2.48. The van der Waals surface area contributed by atoms with E-state index in [1.165, 1.54) is 17.6 Å². The molecule has 0 saturated carbocycles. The van der Waals surface area contributed by atoms with Crippen molar-refractivity contribution in [1.82, 2.24) is 0 Å². The van der Waals surface area contributed by atoms with Crippen LogP contribution in [0, 0.1) is 0 Å². The van der Waals surface area contributed by atoms with E-state index in [1.807, 2.05) is 13.0 Å². The fourth-order valence-electron chi connectivity index (χ4n) is 0.725. The summed E-state index contributed by atoms with van der Waals surface area (Å²) in [6.45, 7) is 4.20. The Morgan fingerprint density at radius 2 is 2.00 bits per heavy atom. The maximum absolute atomic E-state index is 2.18. The van der Waals surface area contributed by atoms with Crippen LogP contribution in [-0.4, -0.2) is 0 Å². The summed E-state index contributed by atoms with van der Waals surface area (Å²) in [6.07, 6.45) is 9.59. The maximum Gasteiger partial charge on any atom is -0.00644 e. The maximum atomic E-state index is 2.18. The first-order valence-electron chi connectivity index (χ1n) is 3.32. The van der Waals surface area contributed by atoms with Gasteiger partial charge in [-0.2, -0.15) is 0 Å². The quantitative estimate of drug-likeness (QED) is 0.491. The number of hydrogen-bond acceptors (Lipinski definition) is 0. The molecule has 0 N–H and O–H groups in total. The molecule has 0 heterocycles. The van der Waals surface area contributed by atoms with E-state index in [9.17, 15) is 0 Å². The van der Waals surface area contributed by atoms with Crippen molar-refractivity contribution >= 4 is 0 Å². The van der Waals surface area contributed by atoms with Gasteiger partial charge in [0.15, 0.2) is 0 Å². The second-order valence-electron chi connectivity index (χ2n) is 2.37. The molecule has 0 fully saturated rings. The standard InChI is InChI=1S/C9H12/c1-3-4-5-6-9-7-8(9)2/h3-6H,7H2,1-2H3. The Morgan fingerprint density at radius 3 is 2.44 bits per heavy atom. The Bertz CT molecular complexity index is 180. The molecule has 0 radical (unpaired) electrons. The summed E-state index contributed by atoms with van der Waals surface area (Å²) in [4.78, 5) is 0. The van der Waals surface area contributed by atoms with Crippen LogP contribution in [-0.2, 0) is 0 Å². The zero-order valence-electron chi connectivity index (χ0n) is 6.02. The van der Waals surface area contributed by atoms with Crippen LogP contribution < -0.4 is 0 Å². The summed E-state index contributed by atoms with van der Waals surface area (Å²) >= 11 is 0. The van der Waals surface area contributed by atoms with Crippen LogP contribution in [0.5, 0.6) is 0 Å². The summed E-state index contributed by atoms with van der Waals surface area (Å²) in [6, 6.07) is 0. The topological polar surface area (TPSA) is 0 Å². The Morgan fingerprint density at radius 1 is 1.33 bits per heavy atom. The van der Waals surface area contributed by atoms with Crippen molar-refractivity contribution in [3.05, 3.63) is 35.5 Å². The van der Waals surface area contributed by atoms with Crippen LogP contribution in [0.15, 0.2) is 35.5 Å². The lowest BCUT2D eigenvalue weighted by atomic mass is 10.4. The molecule has 0 nitrogen and oxygen atoms in total. The lowest BCUT2D eigenvalue weighted by Gasteiger charge is -1.70. The van der Waals surface area contributed by atoms with Crippen LogP contribution in [0.25, 0.3) is 0 Å². The first-order chi connectivity index (χ1) is 4.34. The normalized spacial score (nSPS) is 18.4. The molecular formula is C9H12. The lowest BCUT2D eigenvalue weighted by Crippen LogP contribution is -1.48. The van der Waals surface area contributed by atoms with E-state index in [1.54, 1.807) is 0 Å². The van der Waals surface area contributed by atoms with Gasteiger partial charge in [-0.25, -0.2) is 0 Å². The van der Waals surface area contributed by atoms with Gasteiger partial charge < -0.3 is 0 Å². The van der Waals surface area contributed by atoms with Crippen LogP contribution in [0.1, 0.15) is 20.3 Å². The lowest BCUT2D eigenvalue weighted by molar-refractivity contribution is 1.46. The van der Waals surface area contributed by atoms with E-state index in [4.69, 9.17) is 0 Å². The van der Waals surface area contributed by atoms with Crippen molar-refractivity contribution < 1.29 is 0 Å². The fraction of sp³-hybridized carbons (Fsp3) is 0.333. The third-order valence-corrected chi connectivity index (χ3v) is 1.48. The summed E-state index contributed by atoms with van der Waals surface area (Å²) < 4.78 is 0. The van der Waals surface area contributed by atoms with Crippen LogP contribution >= 0.6 is 0 Å². The van der Waals surface area contributed by atoms with Gasteiger partial charge in [0.05, 0.1) is 0 Å². The molecular weight excluding hydrogens is 108 g/mol. The SMILES string of the molecule is CC=CC=CC1=C(C)C1. The molecule has 0 saturated heterocycles. The highest BCUT2D eigenvalue weighted by atomic mass is 14.2. The molecule has 0 aromatic heterocycles. The smallest absolute Gasteiger partial charge is 0.00644 e. The molecule has 0 aliphatic heterocycles. The predicted molar refractivity (Wildman–Crippen MR) is 41.3 cm³/mol. The van der Waals surface area contributed by atoms with Crippen LogP contribution in [0.2, 0.25) is 0 Å². The van der Waals surface area contributed by atoms with E-state index in [0.717, 1.165) is 0 Å². The number of allylic oxidation sites excluding steroid dienone is 6. The Hall–Kier alpha value is -0.780. The minimum atomic E-state index is 1.23. The summed E-state index contributed by atoms with van der Waals surface area (Å²) in [5.41, 5.74) is 3.05. The van der Waals surface area contributed by atoms with Gasteiger partial charge in [-0.1, -0.05) is 29.9 Å². The summed E-state index contributed by atoms with van der Waals surface area (Å²) in [5, 5.41) is 0. The van der Waals surface area contributed by atoms with Gasteiger partial charge in [0.1, 0.15) is 0 Å². The molecule has 0 heteroatoms. The molecule has 1 aliphatic carbocycles. The van der Waals surface area contributed by atoms with Gasteiger partial charge in [-0.3, -0.25) is 0 Å². The molecule has 0 bridgehead atoms. The number of hydrogen-bond donors (Lipinski definition) is 0. The van der Waals surface area contributed by atoms with E-state index >= 15 is 0 Å². The van der Waals surface area contributed by atoms with Gasteiger partial charge in [-0.05, 0) is 25.8 Å². The summed E-state index contributed by atoms with van der Waals surface area (Å²) in [5.74, 6) is 0. The molecule has 0 aromatic rings. The molecule has 48 valence electrons. The average molecular weight is 120 g/mol. The van der Waals surface area contributed by atoms with E-state index in [0.29, 0.717) is 0 Å². The molecule has 0 atom stereocenters. The monoisotopic (exact) mass is 120 g/mol. The van der Waals surface area contributed by atoms with Gasteiger partial charge in [-0.15, -0.1) is 0 Å². The van der Waals surface area contributed by atoms with Crippen LogP contribution in [0.3, 0.4) is 0 Å². The molecule has 9 heavy (non-hydrogen) atoms. The van der Waals surface area contributed by atoms with Crippen molar-refractivity contribution in [2.75, 3.05) is 0 Å². The third kappa shape index (κ3) is 1.88. The van der Waals surface area contributed by atoms with Gasteiger partial charge in [0.2, 0.25) is 0 Å². The molecule has 0 aromatic carbocycles. The first-order valence-corrected chi connectivity index (χ1v) is 3.32. The largest absolute Gasteiger partial charge is 0.0877 e. The van der Waals surface area contributed by atoms with Crippen molar-refractivity contribution in [2.45, 2.75) is 20.3 Å². The highest BCUT2D eigenvalue weighted by Crippen LogP contribution is 2.30. The Kier molecular flexibility index (Phi) is 1.88. The minimum absolute atomic E-state index is 1.23. The zero-order valence-corrected chi connectivity index (χ0v) is 6.02. The zero-order chi connectivity index (χ0) is 6.69. The van der Waals surface area contributed by atoms with Gasteiger partial charge in [0.25, 0.3) is 0 Å². The van der Waals surface area contributed by atoms with Crippen molar-refractivity contribution in [2.24, 2.45) is 0 Å². The van der Waals surface area contributed by atoms with Crippen molar-refractivity contribution in [3.63, 3.8) is 0 Å². The van der Waals surface area contributed by atoms with E-state index < -0.39 is 0 Å². The Labute approximate surface area is 56.6 Å².